The highest BCUT2D eigenvalue weighted by Gasteiger charge is 2.27. The first-order valence-corrected chi connectivity index (χ1v) is 11.4. The van der Waals surface area contributed by atoms with Crippen molar-refractivity contribution in [1.82, 2.24) is 9.62 Å². The summed E-state index contributed by atoms with van der Waals surface area (Å²) in [6, 6.07) is 9.87. The van der Waals surface area contributed by atoms with Crippen molar-refractivity contribution in [1.29, 1.82) is 0 Å². The van der Waals surface area contributed by atoms with Crippen LogP contribution in [0.4, 0.5) is 5.69 Å². The third kappa shape index (κ3) is 4.88. The Kier molecular flexibility index (Phi) is 6.58. The van der Waals surface area contributed by atoms with E-state index in [1.807, 2.05) is 32.9 Å². The number of carbonyl (C=O) groups is 2. The van der Waals surface area contributed by atoms with E-state index in [-0.39, 0.29) is 22.9 Å². The number of hydrogen-bond donors (Lipinski definition) is 2. The van der Waals surface area contributed by atoms with Crippen molar-refractivity contribution in [2.75, 3.05) is 25.0 Å². The first kappa shape index (κ1) is 22.0. The highest BCUT2D eigenvalue weighted by Crippen LogP contribution is 2.22. The van der Waals surface area contributed by atoms with Gasteiger partial charge in [-0.25, -0.2) is 8.42 Å². The van der Waals surface area contributed by atoms with Crippen LogP contribution < -0.4 is 10.6 Å². The molecule has 2 aromatic carbocycles. The van der Waals surface area contributed by atoms with Crippen LogP contribution in [0.2, 0.25) is 0 Å². The van der Waals surface area contributed by atoms with Gasteiger partial charge in [0.25, 0.3) is 5.91 Å². The van der Waals surface area contributed by atoms with Gasteiger partial charge in [0.05, 0.1) is 11.4 Å². The summed E-state index contributed by atoms with van der Waals surface area (Å²) >= 11 is 0. The lowest BCUT2D eigenvalue weighted by Gasteiger charge is -2.16. The Hall–Kier alpha value is -2.71. The number of sulfonamides is 1. The standard InChI is InChI=1S/C22H27N3O4S/c1-15-11-16(2)21(17(3)12-15)24-20(26)14-23-22(27)18-7-6-8-19(13-18)30(28,29)25-9-4-5-10-25/h6-8,11-13H,4-5,9-10,14H2,1-3H3,(H,23,27)(H,24,26). The average molecular weight is 430 g/mol. The molecule has 3 rings (SSSR count). The van der Waals surface area contributed by atoms with E-state index < -0.39 is 15.9 Å². The highest BCUT2D eigenvalue weighted by atomic mass is 32.2. The monoisotopic (exact) mass is 429 g/mol. The van der Waals surface area contributed by atoms with Crippen LogP contribution in [0.1, 0.15) is 39.9 Å². The fourth-order valence-electron chi connectivity index (χ4n) is 3.70. The van der Waals surface area contributed by atoms with E-state index in [1.165, 1.54) is 28.6 Å². The van der Waals surface area contributed by atoms with Crippen LogP contribution in [0.15, 0.2) is 41.3 Å². The molecule has 0 aliphatic carbocycles. The van der Waals surface area contributed by atoms with Gasteiger partial charge in [-0.05, 0) is 62.9 Å². The van der Waals surface area contributed by atoms with E-state index in [0.29, 0.717) is 13.1 Å². The van der Waals surface area contributed by atoms with Gasteiger partial charge in [-0.15, -0.1) is 0 Å². The summed E-state index contributed by atoms with van der Waals surface area (Å²) in [6.07, 6.45) is 1.68. The molecule has 2 N–H and O–H groups in total. The number of aryl methyl sites for hydroxylation is 3. The second-order valence-corrected chi connectivity index (χ2v) is 9.58. The lowest BCUT2D eigenvalue weighted by Crippen LogP contribution is -2.33. The molecule has 2 amide bonds. The number of rotatable bonds is 6. The Balaban J connectivity index is 1.65. The highest BCUT2D eigenvalue weighted by molar-refractivity contribution is 7.89. The zero-order valence-corrected chi connectivity index (χ0v) is 18.3. The number of amides is 2. The van der Waals surface area contributed by atoms with Gasteiger partial charge in [0, 0.05) is 24.3 Å². The Morgan fingerprint density at radius 1 is 1.00 bits per heavy atom. The molecule has 0 spiro atoms. The number of hydrogen-bond acceptors (Lipinski definition) is 4. The first-order chi connectivity index (χ1) is 14.2. The minimum atomic E-state index is -3.61. The fourth-order valence-corrected chi connectivity index (χ4v) is 5.26. The number of anilines is 1. The van der Waals surface area contributed by atoms with Gasteiger partial charge in [-0.3, -0.25) is 9.59 Å². The molecule has 0 bridgehead atoms. The third-order valence-corrected chi connectivity index (χ3v) is 7.04. The molecule has 7 nitrogen and oxygen atoms in total. The first-order valence-electron chi connectivity index (χ1n) is 9.94. The van der Waals surface area contributed by atoms with E-state index in [9.17, 15) is 18.0 Å². The molecule has 0 unspecified atom stereocenters. The molecule has 2 aromatic rings. The van der Waals surface area contributed by atoms with Crippen LogP contribution in [0, 0.1) is 20.8 Å². The van der Waals surface area contributed by atoms with Gasteiger partial charge in [-0.1, -0.05) is 23.8 Å². The Morgan fingerprint density at radius 3 is 2.27 bits per heavy atom. The molecule has 8 heteroatoms. The van der Waals surface area contributed by atoms with Crippen molar-refractivity contribution in [3.8, 4) is 0 Å². The largest absolute Gasteiger partial charge is 0.343 e. The quantitative estimate of drug-likeness (QED) is 0.738. The lowest BCUT2D eigenvalue weighted by atomic mass is 10.1. The lowest BCUT2D eigenvalue weighted by molar-refractivity contribution is -0.115. The molecule has 0 atom stereocenters. The number of benzene rings is 2. The fraction of sp³-hybridized carbons (Fsp3) is 0.364. The van der Waals surface area contributed by atoms with Gasteiger partial charge >= 0.3 is 0 Å². The van der Waals surface area contributed by atoms with Gasteiger partial charge < -0.3 is 10.6 Å². The maximum absolute atomic E-state index is 12.7. The number of nitrogens with one attached hydrogen (secondary N) is 2. The van der Waals surface area contributed by atoms with Gasteiger partial charge in [-0.2, -0.15) is 4.31 Å². The van der Waals surface area contributed by atoms with Crippen molar-refractivity contribution in [2.45, 2.75) is 38.5 Å². The summed E-state index contributed by atoms with van der Waals surface area (Å²) in [6.45, 7) is 6.60. The van der Waals surface area contributed by atoms with Crippen molar-refractivity contribution < 1.29 is 18.0 Å². The van der Waals surface area contributed by atoms with Crippen molar-refractivity contribution >= 4 is 27.5 Å². The molecule has 30 heavy (non-hydrogen) atoms. The van der Waals surface area contributed by atoms with E-state index in [2.05, 4.69) is 10.6 Å². The average Bonchev–Trinajstić information content (AvgIpc) is 3.24. The van der Waals surface area contributed by atoms with Crippen molar-refractivity contribution in [3.63, 3.8) is 0 Å². The summed E-state index contributed by atoms with van der Waals surface area (Å²) in [5.41, 5.74) is 3.95. The van der Waals surface area contributed by atoms with Crippen LogP contribution in [0.5, 0.6) is 0 Å². The second-order valence-electron chi connectivity index (χ2n) is 7.64. The number of nitrogens with zero attached hydrogens (tertiary/aromatic N) is 1. The molecule has 1 heterocycles. The van der Waals surface area contributed by atoms with Crippen molar-refractivity contribution in [2.24, 2.45) is 0 Å². The van der Waals surface area contributed by atoms with Crippen LogP contribution in [-0.4, -0.2) is 44.2 Å². The molecule has 0 saturated carbocycles. The van der Waals surface area contributed by atoms with Crippen LogP contribution in [-0.2, 0) is 14.8 Å². The molecule has 1 aliphatic heterocycles. The normalized spacial score (nSPS) is 14.5. The predicted octanol–water partition coefficient (Wildman–Crippen LogP) is 2.76. The van der Waals surface area contributed by atoms with Gasteiger partial charge in [0.2, 0.25) is 15.9 Å². The van der Waals surface area contributed by atoms with E-state index >= 15 is 0 Å². The summed E-state index contributed by atoms with van der Waals surface area (Å²) in [5.74, 6) is -0.847. The summed E-state index contributed by atoms with van der Waals surface area (Å²) in [4.78, 5) is 24.9. The van der Waals surface area contributed by atoms with Crippen LogP contribution >= 0.6 is 0 Å². The zero-order valence-electron chi connectivity index (χ0n) is 17.5. The Bertz CT molecular complexity index is 1050. The Morgan fingerprint density at radius 2 is 1.63 bits per heavy atom. The smallest absolute Gasteiger partial charge is 0.251 e. The van der Waals surface area contributed by atoms with Gasteiger partial charge in [0.15, 0.2) is 0 Å². The molecule has 0 radical (unpaired) electrons. The summed E-state index contributed by atoms with van der Waals surface area (Å²) in [5, 5.41) is 5.39. The molecule has 0 aromatic heterocycles. The maximum atomic E-state index is 12.7. The maximum Gasteiger partial charge on any atom is 0.251 e. The van der Waals surface area contributed by atoms with Gasteiger partial charge in [0.1, 0.15) is 0 Å². The molecule has 1 saturated heterocycles. The second kappa shape index (κ2) is 8.97. The van der Waals surface area contributed by atoms with E-state index in [4.69, 9.17) is 0 Å². The topological polar surface area (TPSA) is 95.6 Å². The predicted molar refractivity (Wildman–Crippen MR) is 116 cm³/mol. The molecular weight excluding hydrogens is 402 g/mol. The summed E-state index contributed by atoms with van der Waals surface area (Å²) < 4.78 is 26.8. The van der Waals surface area contributed by atoms with E-state index in [0.717, 1.165) is 35.2 Å². The summed E-state index contributed by atoms with van der Waals surface area (Å²) in [7, 11) is -3.61. The van der Waals surface area contributed by atoms with Crippen LogP contribution in [0.25, 0.3) is 0 Å². The van der Waals surface area contributed by atoms with Crippen molar-refractivity contribution in [3.05, 3.63) is 58.7 Å². The number of carbonyl (C=O) groups excluding carboxylic acids is 2. The van der Waals surface area contributed by atoms with E-state index in [1.54, 1.807) is 0 Å². The minimum Gasteiger partial charge on any atom is -0.343 e. The minimum absolute atomic E-state index is 0.0902. The SMILES string of the molecule is Cc1cc(C)c(NC(=O)CNC(=O)c2cccc(S(=O)(=O)N3CCCC3)c2)c(C)c1. The molecule has 160 valence electrons. The zero-order chi connectivity index (χ0) is 21.9. The molecular formula is C22H27N3O4S. The van der Waals surface area contributed by atoms with Crippen LogP contribution in [0.3, 0.4) is 0 Å². The molecule has 1 fully saturated rings. The molecule has 1 aliphatic rings. The Labute approximate surface area is 177 Å². The third-order valence-electron chi connectivity index (χ3n) is 5.15.